The van der Waals surface area contributed by atoms with Crippen molar-refractivity contribution in [1.29, 1.82) is 0 Å². The van der Waals surface area contributed by atoms with Crippen molar-refractivity contribution in [3.8, 4) is 11.5 Å². The first-order chi connectivity index (χ1) is 15.9. The zero-order valence-electron chi connectivity index (χ0n) is 18.1. The van der Waals surface area contributed by atoms with E-state index in [0.717, 1.165) is 25.8 Å². The number of rotatable bonds is 7. The number of carbonyl (C=O) groups is 1. The zero-order chi connectivity index (χ0) is 23.4. The monoisotopic (exact) mass is 573 g/mol. The van der Waals surface area contributed by atoms with Crippen molar-refractivity contribution in [3.05, 3.63) is 97.2 Å². The largest absolute Gasteiger partial charge is 0.490 e. The maximum Gasteiger partial charge on any atom is 0.363 e. The van der Waals surface area contributed by atoms with E-state index in [4.69, 9.17) is 25.8 Å². The predicted octanol–water partition coefficient (Wildman–Crippen LogP) is 6.58. The number of esters is 1. The van der Waals surface area contributed by atoms with Crippen LogP contribution in [0.25, 0.3) is 6.08 Å². The third-order valence-corrected chi connectivity index (χ3v) is 5.90. The molecule has 4 rings (SSSR count). The van der Waals surface area contributed by atoms with Gasteiger partial charge in [-0.05, 0) is 90.0 Å². The first-order valence-corrected chi connectivity index (χ1v) is 11.8. The van der Waals surface area contributed by atoms with Crippen LogP contribution in [0.5, 0.6) is 11.5 Å². The SMILES string of the molecule is CCOc1cc(/C=C2\N=C(c3ccc(C)cc3)OC2=O)cc(I)c1OCc1ccc(Cl)cc1. The molecule has 1 heterocycles. The number of benzene rings is 3. The molecule has 33 heavy (non-hydrogen) atoms. The number of aliphatic imine (C=N–C) groups is 1. The molecule has 0 bridgehead atoms. The fourth-order valence-electron chi connectivity index (χ4n) is 3.20. The van der Waals surface area contributed by atoms with Crippen molar-refractivity contribution in [2.75, 3.05) is 6.61 Å². The molecule has 3 aromatic carbocycles. The lowest BCUT2D eigenvalue weighted by Crippen LogP contribution is -2.05. The molecule has 0 saturated heterocycles. The van der Waals surface area contributed by atoms with Gasteiger partial charge < -0.3 is 14.2 Å². The van der Waals surface area contributed by atoms with Crippen LogP contribution < -0.4 is 9.47 Å². The van der Waals surface area contributed by atoms with E-state index in [2.05, 4.69) is 27.6 Å². The van der Waals surface area contributed by atoms with E-state index in [1.807, 2.05) is 74.5 Å². The Kier molecular flexibility index (Phi) is 7.35. The molecule has 1 aliphatic heterocycles. The second-order valence-electron chi connectivity index (χ2n) is 7.38. The van der Waals surface area contributed by atoms with Gasteiger partial charge in [-0.1, -0.05) is 41.4 Å². The number of nitrogens with zero attached hydrogens (tertiary/aromatic N) is 1. The van der Waals surface area contributed by atoms with Crippen molar-refractivity contribution in [1.82, 2.24) is 0 Å². The second kappa shape index (κ2) is 10.4. The number of halogens is 2. The molecule has 0 saturated carbocycles. The van der Waals surface area contributed by atoms with Crippen LogP contribution in [0.2, 0.25) is 5.02 Å². The molecular weight excluding hydrogens is 553 g/mol. The second-order valence-corrected chi connectivity index (χ2v) is 8.98. The molecule has 0 spiro atoms. The van der Waals surface area contributed by atoms with Crippen LogP contribution in [0, 0.1) is 10.5 Å². The first kappa shape index (κ1) is 23.3. The number of carbonyl (C=O) groups excluding carboxylic acids is 1. The van der Waals surface area contributed by atoms with E-state index in [-0.39, 0.29) is 5.70 Å². The van der Waals surface area contributed by atoms with E-state index < -0.39 is 5.97 Å². The maximum atomic E-state index is 12.4. The topological polar surface area (TPSA) is 57.1 Å². The highest BCUT2D eigenvalue weighted by Gasteiger charge is 2.24. The zero-order valence-corrected chi connectivity index (χ0v) is 21.0. The summed E-state index contributed by atoms with van der Waals surface area (Å²) in [5.41, 5.74) is 3.88. The molecule has 168 valence electrons. The van der Waals surface area contributed by atoms with E-state index >= 15 is 0 Å². The van der Waals surface area contributed by atoms with E-state index in [1.165, 1.54) is 0 Å². The van der Waals surface area contributed by atoms with Gasteiger partial charge in [0.1, 0.15) is 6.61 Å². The van der Waals surface area contributed by atoms with E-state index in [0.29, 0.717) is 35.6 Å². The normalized spacial score (nSPS) is 14.2. The first-order valence-electron chi connectivity index (χ1n) is 10.4. The standard InChI is InChI=1S/C26H21ClINO4/c1-3-31-23-14-18(12-21(28)24(23)32-15-17-6-10-20(27)11-7-17)13-22-26(30)33-25(29-22)19-8-4-16(2)5-9-19/h4-14H,3,15H2,1-2H3/b22-13-. The molecule has 5 nitrogen and oxygen atoms in total. The maximum absolute atomic E-state index is 12.4. The fourth-order valence-corrected chi connectivity index (χ4v) is 4.10. The lowest BCUT2D eigenvalue weighted by atomic mass is 10.1. The summed E-state index contributed by atoms with van der Waals surface area (Å²) in [4.78, 5) is 16.8. The quantitative estimate of drug-likeness (QED) is 0.182. The summed E-state index contributed by atoms with van der Waals surface area (Å²) in [5, 5.41) is 0.680. The molecule has 0 aromatic heterocycles. The highest BCUT2D eigenvalue weighted by Crippen LogP contribution is 2.36. The predicted molar refractivity (Wildman–Crippen MR) is 138 cm³/mol. The molecular formula is C26H21ClINO4. The van der Waals surface area contributed by atoms with Crippen LogP contribution in [0.3, 0.4) is 0 Å². The van der Waals surface area contributed by atoms with Gasteiger partial charge in [0.05, 0.1) is 10.2 Å². The van der Waals surface area contributed by atoms with Crippen LogP contribution >= 0.6 is 34.2 Å². The van der Waals surface area contributed by atoms with E-state index in [1.54, 1.807) is 6.08 Å². The minimum Gasteiger partial charge on any atom is -0.490 e. The minimum atomic E-state index is -0.485. The molecule has 3 aromatic rings. The summed E-state index contributed by atoms with van der Waals surface area (Å²) in [6.07, 6.45) is 1.69. The molecule has 0 amide bonds. The van der Waals surface area contributed by atoms with Crippen molar-refractivity contribution < 1.29 is 19.0 Å². The number of hydrogen-bond acceptors (Lipinski definition) is 5. The number of cyclic esters (lactones) is 1. The Bertz CT molecular complexity index is 1230. The summed E-state index contributed by atoms with van der Waals surface area (Å²) in [7, 11) is 0. The van der Waals surface area contributed by atoms with Crippen molar-refractivity contribution >= 4 is 52.1 Å². The number of aryl methyl sites for hydroxylation is 1. The third-order valence-electron chi connectivity index (χ3n) is 4.85. The number of ether oxygens (including phenoxy) is 3. The Hall–Kier alpha value is -2.84. The average Bonchev–Trinajstić information content (AvgIpc) is 3.15. The van der Waals surface area contributed by atoms with Crippen molar-refractivity contribution in [2.24, 2.45) is 4.99 Å². The van der Waals surface area contributed by atoms with Gasteiger partial charge in [0, 0.05) is 10.6 Å². The van der Waals surface area contributed by atoms with Crippen molar-refractivity contribution in [2.45, 2.75) is 20.5 Å². The van der Waals surface area contributed by atoms with Crippen LogP contribution in [0.1, 0.15) is 29.2 Å². The van der Waals surface area contributed by atoms with Crippen LogP contribution in [0.4, 0.5) is 0 Å². The Morgan fingerprint density at radius 2 is 1.79 bits per heavy atom. The summed E-state index contributed by atoms with van der Waals surface area (Å²) in [6.45, 7) is 4.76. The smallest absolute Gasteiger partial charge is 0.363 e. The minimum absolute atomic E-state index is 0.235. The molecule has 0 radical (unpaired) electrons. The molecule has 7 heteroatoms. The third kappa shape index (κ3) is 5.75. The van der Waals surface area contributed by atoms with Gasteiger partial charge in [-0.2, -0.15) is 0 Å². The highest BCUT2D eigenvalue weighted by molar-refractivity contribution is 14.1. The summed E-state index contributed by atoms with van der Waals surface area (Å²) in [5.74, 6) is 1.06. The molecule has 0 unspecified atom stereocenters. The highest BCUT2D eigenvalue weighted by atomic mass is 127. The van der Waals surface area contributed by atoms with Gasteiger partial charge in [-0.25, -0.2) is 9.79 Å². The Morgan fingerprint density at radius 1 is 1.06 bits per heavy atom. The van der Waals surface area contributed by atoms with Crippen LogP contribution in [0.15, 0.2) is 71.4 Å². The Labute approximate surface area is 211 Å². The molecule has 0 aliphatic carbocycles. The van der Waals surface area contributed by atoms with Crippen molar-refractivity contribution in [3.63, 3.8) is 0 Å². The molecule has 1 aliphatic rings. The van der Waals surface area contributed by atoms with Gasteiger partial charge in [0.2, 0.25) is 5.90 Å². The fraction of sp³-hybridized carbons (Fsp3) is 0.154. The van der Waals surface area contributed by atoms with Gasteiger partial charge in [-0.15, -0.1) is 0 Å². The Morgan fingerprint density at radius 3 is 2.48 bits per heavy atom. The van der Waals surface area contributed by atoms with Gasteiger partial charge in [0.25, 0.3) is 0 Å². The van der Waals surface area contributed by atoms with Gasteiger partial charge >= 0.3 is 5.97 Å². The van der Waals surface area contributed by atoms with Gasteiger partial charge in [0.15, 0.2) is 17.2 Å². The van der Waals surface area contributed by atoms with Crippen LogP contribution in [-0.2, 0) is 16.1 Å². The molecule has 0 N–H and O–H groups in total. The van der Waals surface area contributed by atoms with E-state index in [9.17, 15) is 4.79 Å². The lowest BCUT2D eigenvalue weighted by molar-refractivity contribution is -0.129. The lowest BCUT2D eigenvalue weighted by Gasteiger charge is -2.15. The summed E-state index contributed by atoms with van der Waals surface area (Å²) < 4.78 is 18.1. The average molecular weight is 574 g/mol. The van der Waals surface area contributed by atoms with Gasteiger partial charge in [-0.3, -0.25) is 0 Å². The number of hydrogen-bond donors (Lipinski definition) is 0. The molecule has 0 fully saturated rings. The Balaban J connectivity index is 1.60. The summed E-state index contributed by atoms with van der Waals surface area (Å²) >= 11 is 8.16. The molecule has 0 atom stereocenters. The van der Waals surface area contributed by atoms with Crippen LogP contribution in [-0.4, -0.2) is 18.5 Å². The summed E-state index contributed by atoms with van der Waals surface area (Å²) in [6, 6.07) is 18.9.